The fourth-order valence-electron chi connectivity index (χ4n) is 1.56. The Morgan fingerprint density at radius 1 is 1.69 bits per heavy atom. The molecule has 1 aromatic heterocycles. The van der Waals surface area contributed by atoms with Gasteiger partial charge >= 0.3 is 0 Å². The molecule has 0 atom stereocenters. The molecule has 2 N–H and O–H groups in total. The molecule has 13 heavy (non-hydrogen) atoms. The van der Waals surface area contributed by atoms with Gasteiger partial charge in [-0.05, 0) is 18.9 Å². The van der Waals surface area contributed by atoms with Gasteiger partial charge in [-0.15, -0.1) is 0 Å². The number of nitrogens with zero attached hydrogens (tertiary/aromatic N) is 2. The summed E-state index contributed by atoms with van der Waals surface area (Å²) in [5, 5.41) is 16.7. The van der Waals surface area contributed by atoms with E-state index < -0.39 is 0 Å². The Labute approximate surface area is 77.6 Å². The summed E-state index contributed by atoms with van der Waals surface area (Å²) in [5.41, 5.74) is 1.06. The van der Waals surface area contributed by atoms with Gasteiger partial charge in [-0.25, -0.2) is 0 Å². The van der Waals surface area contributed by atoms with Crippen LogP contribution < -0.4 is 5.32 Å². The van der Waals surface area contributed by atoms with Crippen molar-refractivity contribution in [3.63, 3.8) is 0 Å². The second-order valence-corrected chi connectivity index (χ2v) is 3.68. The van der Waals surface area contributed by atoms with Crippen molar-refractivity contribution >= 4 is 0 Å². The van der Waals surface area contributed by atoms with Gasteiger partial charge in [0.15, 0.2) is 0 Å². The van der Waals surface area contributed by atoms with Crippen LogP contribution in [0.2, 0.25) is 0 Å². The average Bonchev–Trinajstić information content (AvgIpc) is 2.43. The predicted octanol–water partition coefficient (Wildman–Crippen LogP) is 0.0330. The summed E-state index contributed by atoms with van der Waals surface area (Å²) >= 11 is 0. The third-order valence-corrected chi connectivity index (χ3v) is 2.45. The molecule has 0 aliphatic heterocycles. The monoisotopic (exact) mass is 181 g/mol. The summed E-state index contributed by atoms with van der Waals surface area (Å²) in [6, 6.07) is 2.49. The molecule has 4 heteroatoms. The van der Waals surface area contributed by atoms with E-state index in [1.807, 2.05) is 19.3 Å². The van der Waals surface area contributed by atoms with Gasteiger partial charge in [0.25, 0.3) is 0 Å². The fourth-order valence-corrected chi connectivity index (χ4v) is 1.56. The quantitative estimate of drug-likeness (QED) is 0.692. The lowest BCUT2D eigenvalue weighted by Gasteiger charge is -2.31. The van der Waals surface area contributed by atoms with E-state index in [1.54, 1.807) is 4.68 Å². The van der Waals surface area contributed by atoms with E-state index in [0.29, 0.717) is 6.04 Å². The molecule has 0 bridgehead atoms. The number of hydrogen-bond donors (Lipinski definition) is 2. The van der Waals surface area contributed by atoms with Crippen molar-refractivity contribution in [1.82, 2.24) is 15.1 Å². The first kappa shape index (κ1) is 8.72. The maximum absolute atomic E-state index is 9.06. The normalized spacial score (nSPS) is 27.2. The predicted molar refractivity (Wildman–Crippen MR) is 49.1 cm³/mol. The minimum absolute atomic E-state index is 0.0822. The van der Waals surface area contributed by atoms with Crippen LogP contribution in [0.3, 0.4) is 0 Å². The van der Waals surface area contributed by atoms with E-state index in [0.717, 1.165) is 25.1 Å². The SMILES string of the molecule is Cn1ccc(CNC2CC(O)C2)n1. The highest BCUT2D eigenvalue weighted by atomic mass is 16.3. The molecule has 2 rings (SSSR count). The third-order valence-electron chi connectivity index (χ3n) is 2.45. The molecular formula is C9H15N3O. The fraction of sp³-hybridized carbons (Fsp3) is 0.667. The van der Waals surface area contributed by atoms with Gasteiger partial charge in [0, 0.05) is 25.8 Å². The molecular weight excluding hydrogens is 166 g/mol. The van der Waals surface area contributed by atoms with Crippen LogP contribution in [0.15, 0.2) is 12.3 Å². The highest BCUT2D eigenvalue weighted by Gasteiger charge is 2.26. The molecule has 72 valence electrons. The lowest BCUT2D eigenvalue weighted by atomic mass is 9.89. The molecule has 1 aliphatic rings. The number of aromatic nitrogens is 2. The minimum atomic E-state index is -0.0822. The van der Waals surface area contributed by atoms with Crippen molar-refractivity contribution in [2.75, 3.05) is 0 Å². The molecule has 0 aromatic carbocycles. The minimum Gasteiger partial charge on any atom is -0.393 e. The van der Waals surface area contributed by atoms with Crippen molar-refractivity contribution in [1.29, 1.82) is 0 Å². The summed E-state index contributed by atoms with van der Waals surface area (Å²) in [7, 11) is 1.91. The molecule has 0 spiro atoms. The van der Waals surface area contributed by atoms with Crippen molar-refractivity contribution in [2.45, 2.75) is 31.5 Å². The van der Waals surface area contributed by atoms with E-state index in [9.17, 15) is 0 Å². The first-order valence-corrected chi connectivity index (χ1v) is 4.64. The molecule has 4 nitrogen and oxygen atoms in total. The van der Waals surface area contributed by atoms with Gasteiger partial charge < -0.3 is 10.4 Å². The molecule has 0 radical (unpaired) electrons. The first-order valence-electron chi connectivity index (χ1n) is 4.64. The van der Waals surface area contributed by atoms with Crippen molar-refractivity contribution in [3.8, 4) is 0 Å². The number of nitrogens with one attached hydrogen (secondary N) is 1. The molecule has 0 saturated heterocycles. The standard InChI is InChI=1S/C9H15N3O/c1-12-3-2-7(11-12)6-10-8-4-9(13)5-8/h2-3,8-10,13H,4-6H2,1H3. The highest BCUT2D eigenvalue weighted by molar-refractivity contribution is 4.99. The molecule has 1 saturated carbocycles. The van der Waals surface area contributed by atoms with Gasteiger partial charge in [0.2, 0.25) is 0 Å². The van der Waals surface area contributed by atoms with Crippen LogP contribution in [0.5, 0.6) is 0 Å². The van der Waals surface area contributed by atoms with Crippen LogP contribution in [0, 0.1) is 0 Å². The maximum Gasteiger partial charge on any atom is 0.0762 e. The number of aliphatic hydroxyl groups excluding tert-OH is 1. The lowest BCUT2D eigenvalue weighted by Crippen LogP contribution is -2.43. The largest absolute Gasteiger partial charge is 0.393 e. The molecule has 1 aliphatic carbocycles. The van der Waals surface area contributed by atoms with Crippen LogP contribution in [0.25, 0.3) is 0 Å². The lowest BCUT2D eigenvalue weighted by molar-refractivity contribution is 0.0618. The van der Waals surface area contributed by atoms with Gasteiger partial charge in [0.05, 0.1) is 11.8 Å². The van der Waals surface area contributed by atoms with Crippen LogP contribution in [-0.2, 0) is 13.6 Å². The average molecular weight is 181 g/mol. The Bertz CT molecular complexity index is 278. The number of aliphatic hydroxyl groups is 1. The van der Waals surface area contributed by atoms with Crippen LogP contribution >= 0.6 is 0 Å². The maximum atomic E-state index is 9.06. The zero-order valence-electron chi connectivity index (χ0n) is 7.77. The summed E-state index contributed by atoms with van der Waals surface area (Å²) in [5.74, 6) is 0. The number of hydrogen-bond acceptors (Lipinski definition) is 3. The van der Waals surface area contributed by atoms with Crippen LogP contribution in [0.1, 0.15) is 18.5 Å². The first-order chi connectivity index (χ1) is 6.24. The zero-order valence-corrected chi connectivity index (χ0v) is 7.77. The molecule has 1 fully saturated rings. The molecule has 1 heterocycles. The van der Waals surface area contributed by atoms with Crippen LogP contribution in [0.4, 0.5) is 0 Å². The van der Waals surface area contributed by atoms with E-state index in [-0.39, 0.29) is 6.10 Å². The zero-order chi connectivity index (χ0) is 9.26. The second-order valence-electron chi connectivity index (χ2n) is 3.68. The summed E-state index contributed by atoms with van der Waals surface area (Å²) < 4.78 is 1.80. The Morgan fingerprint density at radius 2 is 2.46 bits per heavy atom. The van der Waals surface area contributed by atoms with E-state index in [1.165, 1.54) is 0 Å². The van der Waals surface area contributed by atoms with Crippen LogP contribution in [-0.4, -0.2) is 27.0 Å². The van der Waals surface area contributed by atoms with E-state index in [4.69, 9.17) is 5.11 Å². The van der Waals surface area contributed by atoms with E-state index in [2.05, 4.69) is 10.4 Å². The van der Waals surface area contributed by atoms with Gasteiger partial charge in [-0.2, -0.15) is 5.10 Å². The molecule has 1 aromatic rings. The summed E-state index contributed by atoms with van der Waals surface area (Å²) in [4.78, 5) is 0. The van der Waals surface area contributed by atoms with Gasteiger partial charge in [0.1, 0.15) is 0 Å². The number of aryl methyl sites for hydroxylation is 1. The Morgan fingerprint density at radius 3 is 3.00 bits per heavy atom. The Kier molecular flexibility index (Phi) is 2.33. The van der Waals surface area contributed by atoms with Gasteiger partial charge in [-0.1, -0.05) is 0 Å². The van der Waals surface area contributed by atoms with Crippen molar-refractivity contribution in [2.24, 2.45) is 7.05 Å². The smallest absolute Gasteiger partial charge is 0.0762 e. The third kappa shape index (κ3) is 2.08. The van der Waals surface area contributed by atoms with Gasteiger partial charge in [-0.3, -0.25) is 4.68 Å². The summed E-state index contributed by atoms with van der Waals surface area (Å²) in [6.45, 7) is 0.804. The number of rotatable bonds is 3. The van der Waals surface area contributed by atoms with Crippen molar-refractivity contribution in [3.05, 3.63) is 18.0 Å². The van der Waals surface area contributed by atoms with E-state index >= 15 is 0 Å². The Balaban J connectivity index is 1.74. The molecule has 0 unspecified atom stereocenters. The topological polar surface area (TPSA) is 50.1 Å². The molecule has 0 amide bonds. The Hall–Kier alpha value is -0.870. The highest BCUT2D eigenvalue weighted by Crippen LogP contribution is 2.19. The second kappa shape index (κ2) is 3.47. The van der Waals surface area contributed by atoms with Crippen molar-refractivity contribution < 1.29 is 5.11 Å². The summed E-state index contributed by atoms with van der Waals surface area (Å²) in [6.07, 6.45) is 3.62.